The molecule has 136 valence electrons. The molecule has 0 heterocycles. The van der Waals surface area contributed by atoms with Crippen molar-refractivity contribution in [3.63, 3.8) is 0 Å². The number of hydrogen-bond acceptors (Lipinski definition) is 2. The predicted molar refractivity (Wildman–Crippen MR) is 104 cm³/mol. The van der Waals surface area contributed by atoms with Gasteiger partial charge in [0.15, 0.2) is 0 Å². The Morgan fingerprint density at radius 1 is 1.08 bits per heavy atom. The summed E-state index contributed by atoms with van der Waals surface area (Å²) in [5, 5.41) is 2.84. The van der Waals surface area contributed by atoms with Crippen LogP contribution in [0.25, 0.3) is 0 Å². The maximum absolute atomic E-state index is 12.9. The minimum Gasteiger partial charge on any atom is -0.351 e. The van der Waals surface area contributed by atoms with Gasteiger partial charge < -0.3 is 10.2 Å². The van der Waals surface area contributed by atoms with E-state index in [0.29, 0.717) is 19.5 Å². The second-order valence-corrected chi connectivity index (χ2v) is 6.10. The molecule has 0 spiro atoms. The Labute approximate surface area is 155 Å². The lowest BCUT2D eigenvalue weighted by Gasteiger charge is -2.31. The van der Waals surface area contributed by atoms with E-state index in [9.17, 15) is 9.59 Å². The first-order valence-corrected chi connectivity index (χ1v) is 8.94. The second kappa shape index (κ2) is 10.2. The lowest BCUT2D eigenvalue weighted by Crippen LogP contribution is -2.43. The Morgan fingerprint density at radius 3 is 2.27 bits per heavy atom. The first kappa shape index (κ1) is 19.4. The van der Waals surface area contributed by atoms with Crippen molar-refractivity contribution in [2.24, 2.45) is 0 Å². The molecule has 0 unspecified atom stereocenters. The van der Waals surface area contributed by atoms with Gasteiger partial charge in [0.05, 0.1) is 0 Å². The zero-order valence-electron chi connectivity index (χ0n) is 15.2. The van der Waals surface area contributed by atoms with Crippen LogP contribution in [-0.2, 0) is 16.1 Å². The highest BCUT2D eigenvalue weighted by Crippen LogP contribution is 2.24. The summed E-state index contributed by atoms with van der Waals surface area (Å²) in [7, 11) is 0. The number of hydrogen-bond donors (Lipinski definition) is 1. The fourth-order valence-corrected chi connectivity index (χ4v) is 2.84. The van der Waals surface area contributed by atoms with Crippen LogP contribution >= 0.6 is 0 Å². The van der Waals surface area contributed by atoms with Gasteiger partial charge in [-0.05, 0) is 17.5 Å². The molecule has 2 aromatic rings. The Bertz CT molecular complexity index is 713. The number of nitrogens with one attached hydrogen (secondary N) is 1. The van der Waals surface area contributed by atoms with E-state index in [4.69, 9.17) is 0 Å². The zero-order chi connectivity index (χ0) is 18.8. The first-order chi connectivity index (χ1) is 12.7. The van der Waals surface area contributed by atoms with Crippen molar-refractivity contribution >= 4 is 11.8 Å². The van der Waals surface area contributed by atoms with Crippen LogP contribution in [0.1, 0.15) is 36.9 Å². The summed E-state index contributed by atoms with van der Waals surface area (Å²) in [6.45, 7) is 6.37. The van der Waals surface area contributed by atoms with Gasteiger partial charge in [-0.3, -0.25) is 9.59 Å². The molecule has 26 heavy (non-hydrogen) atoms. The highest BCUT2D eigenvalue weighted by atomic mass is 16.2. The number of carbonyl (C=O) groups excluding carboxylic acids is 2. The van der Waals surface area contributed by atoms with Crippen molar-refractivity contribution in [3.05, 3.63) is 84.4 Å². The van der Waals surface area contributed by atoms with Crippen LogP contribution in [0.4, 0.5) is 0 Å². The van der Waals surface area contributed by atoms with Crippen molar-refractivity contribution in [1.29, 1.82) is 0 Å². The molecule has 0 aliphatic heterocycles. The van der Waals surface area contributed by atoms with Crippen LogP contribution in [0.5, 0.6) is 0 Å². The summed E-state index contributed by atoms with van der Waals surface area (Å²) in [5.41, 5.74) is 1.80. The molecular weight excluding hydrogens is 324 g/mol. The van der Waals surface area contributed by atoms with Gasteiger partial charge in [-0.1, -0.05) is 73.7 Å². The van der Waals surface area contributed by atoms with Gasteiger partial charge >= 0.3 is 0 Å². The van der Waals surface area contributed by atoms with E-state index in [1.54, 1.807) is 11.0 Å². The maximum atomic E-state index is 12.9. The molecule has 0 aliphatic rings. The standard InChI is InChI=1S/C22H26N2O2/c1-3-11-20(25)24(17-18-12-7-5-8-13-18)21(22(26)23-16-4-2)19-14-9-6-10-15-19/h4-10,12-15,21H,2-3,11,16-17H2,1H3,(H,23,26)/t21-/m0/s1. The summed E-state index contributed by atoms with van der Waals surface area (Å²) in [6.07, 6.45) is 2.78. The van der Waals surface area contributed by atoms with E-state index >= 15 is 0 Å². The number of amides is 2. The van der Waals surface area contributed by atoms with Crippen molar-refractivity contribution in [2.45, 2.75) is 32.4 Å². The van der Waals surface area contributed by atoms with Crippen molar-refractivity contribution in [3.8, 4) is 0 Å². The fraction of sp³-hybridized carbons (Fsp3) is 0.273. The molecule has 0 radical (unpaired) electrons. The Balaban J connectivity index is 2.40. The van der Waals surface area contributed by atoms with E-state index in [-0.39, 0.29) is 11.8 Å². The molecule has 2 amide bonds. The smallest absolute Gasteiger partial charge is 0.247 e. The van der Waals surface area contributed by atoms with E-state index in [2.05, 4.69) is 11.9 Å². The molecule has 1 N–H and O–H groups in total. The first-order valence-electron chi connectivity index (χ1n) is 8.94. The van der Waals surface area contributed by atoms with E-state index in [1.807, 2.05) is 67.6 Å². The van der Waals surface area contributed by atoms with E-state index < -0.39 is 6.04 Å². The third-order valence-corrected chi connectivity index (χ3v) is 4.08. The molecular formula is C22H26N2O2. The molecule has 0 saturated carbocycles. The second-order valence-electron chi connectivity index (χ2n) is 6.10. The van der Waals surface area contributed by atoms with Gasteiger partial charge in [-0.15, -0.1) is 6.58 Å². The van der Waals surface area contributed by atoms with Gasteiger partial charge in [0.25, 0.3) is 0 Å². The molecule has 0 aromatic heterocycles. The number of nitrogens with zero attached hydrogens (tertiary/aromatic N) is 1. The quantitative estimate of drug-likeness (QED) is 0.698. The minimum atomic E-state index is -0.671. The van der Waals surface area contributed by atoms with Crippen LogP contribution < -0.4 is 5.32 Å². The molecule has 2 aromatic carbocycles. The molecule has 0 saturated heterocycles. The number of carbonyl (C=O) groups is 2. The van der Waals surface area contributed by atoms with Crippen LogP contribution in [-0.4, -0.2) is 23.3 Å². The zero-order valence-corrected chi connectivity index (χ0v) is 15.2. The molecule has 4 heteroatoms. The number of benzene rings is 2. The highest BCUT2D eigenvalue weighted by Gasteiger charge is 2.30. The lowest BCUT2D eigenvalue weighted by atomic mass is 10.0. The third-order valence-electron chi connectivity index (χ3n) is 4.08. The summed E-state index contributed by atoms with van der Waals surface area (Å²) in [4.78, 5) is 27.4. The molecule has 4 nitrogen and oxygen atoms in total. The van der Waals surface area contributed by atoms with Crippen LogP contribution in [0.3, 0.4) is 0 Å². The summed E-state index contributed by atoms with van der Waals surface area (Å²) in [6, 6.07) is 18.5. The van der Waals surface area contributed by atoms with Crippen molar-refractivity contribution in [1.82, 2.24) is 10.2 Å². The van der Waals surface area contributed by atoms with Crippen molar-refractivity contribution < 1.29 is 9.59 Å². The van der Waals surface area contributed by atoms with Crippen molar-refractivity contribution in [2.75, 3.05) is 6.54 Å². The van der Waals surface area contributed by atoms with E-state index in [0.717, 1.165) is 17.5 Å². The maximum Gasteiger partial charge on any atom is 0.247 e. The van der Waals surface area contributed by atoms with Gasteiger partial charge in [0, 0.05) is 19.5 Å². The fourth-order valence-electron chi connectivity index (χ4n) is 2.84. The minimum absolute atomic E-state index is 0.0287. The average molecular weight is 350 g/mol. The van der Waals surface area contributed by atoms with Gasteiger partial charge in [0.1, 0.15) is 6.04 Å². The molecule has 1 atom stereocenters. The lowest BCUT2D eigenvalue weighted by molar-refractivity contribution is -0.141. The topological polar surface area (TPSA) is 49.4 Å². The van der Waals surface area contributed by atoms with E-state index in [1.165, 1.54) is 0 Å². The largest absolute Gasteiger partial charge is 0.351 e. The average Bonchev–Trinajstić information content (AvgIpc) is 2.67. The molecule has 0 bridgehead atoms. The predicted octanol–water partition coefficient (Wildman–Crippen LogP) is 3.86. The van der Waals surface area contributed by atoms with Crippen LogP contribution in [0, 0.1) is 0 Å². The summed E-state index contributed by atoms with van der Waals surface area (Å²) in [5.74, 6) is -0.226. The Morgan fingerprint density at radius 2 is 1.69 bits per heavy atom. The van der Waals surface area contributed by atoms with Gasteiger partial charge in [-0.25, -0.2) is 0 Å². The Hall–Kier alpha value is -2.88. The molecule has 2 rings (SSSR count). The van der Waals surface area contributed by atoms with Gasteiger partial charge in [-0.2, -0.15) is 0 Å². The summed E-state index contributed by atoms with van der Waals surface area (Å²) >= 11 is 0. The molecule has 0 fully saturated rings. The van der Waals surface area contributed by atoms with Crippen LogP contribution in [0.15, 0.2) is 73.3 Å². The highest BCUT2D eigenvalue weighted by molar-refractivity contribution is 5.88. The Kier molecular flexibility index (Phi) is 7.62. The SMILES string of the molecule is C=CCNC(=O)[C@H](c1ccccc1)N(Cc1ccccc1)C(=O)CCC. The normalized spacial score (nSPS) is 11.4. The third kappa shape index (κ3) is 5.31. The monoisotopic (exact) mass is 350 g/mol. The van der Waals surface area contributed by atoms with Gasteiger partial charge in [0.2, 0.25) is 11.8 Å². The molecule has 0 aliphatic carbocycles. The summed E-state index contributed by atoms with van der Waals surface area (Å²) < 4.78 is 0. The number of rotatable bonds is 9. The van der Waals surface area contributed by atoms with Crippen LogP contribution in [0.2, 0.25) is 0 Å².